The van der Waals surface area contributed by atoms with Gasteiger partial charge in [0.2, 0.25) is 0 Å². The third kappa shape index (κ3) is 6.52. The predicted molar refractivity (Wildman–Crippen MR) is 272 cm³/mol. The van der Waals surface area contributed by atoms with Gasteiger partial charge in [0.25, 0.3) is 0 Å². The van der Waals surface area contributed by atoms with Crippen molar-refractivity contribution in [2.24, 2.45) is 0 Å². The molecular weight excluding hydrogens is 773 g/mol. The molecule has 0 aliphatic rings. The minimum absolute atomic E-state index is 1.08. The van der Waals surface area contributed by atoms with E-state index in [0.717, 1.165) is 33.9 Å². The highest BCUT2D eigenvalue weighted by Crippen LogP contribution is 2.44. The van der Waals surface area contributed by atoms with E-state index < -0.39 is 0 Å². The minimum Gasteiger partial charge on any atom is -0.310 e. The molecule has 1 aromatic heterocycles. The largest absolute Gasteiger partial charge is 0.310 e. The topological polar surface area (TPSA) is 8.17 Å². The molecular formula is C62H42N2. The lowest BCUT2D eigenvalue weighted by Crippen LogP contribution is -2.11. The van der Waals surface area contributed by atoms with E-state index in [1.807, 2.05) is 0 Å². The fourth-order valence-electron chi connectivity index (χ4n) is 9.79. The van der Waals surface area contributed by atoms with E-state index in [9.17, 15) is 0 Å². The van der Waals surface area contributed by atoms with Crippen LogP contribution in [-0.2, 0) is 0 Å². The van der Waals surface area contributed by atoms with Crippen LogP contribution < -0.4 is 4.90 Å². The van der Waals surface area contributed by atoms with Gasteiger partial charge in [-0.1, -0.05) is 194 Å². The van der Waals surface area contributed by atoms with E-state index in [0.29, 0.717) is 0 Å². The standard InChI is InChI=1S/C62H42N2/c1-3-26-53-44(16-1)18-14-31-55(53)47-21-11-20-46(40-47)43-36-38-50(39-37-43)63(51-24-12-22-48(41-51)56-32-15-19-45-17-2-4-27-54(45)56)60-33-8-5-28-57(60)49-23-13-25-52(42-49)64-61-34-9-6-29-58(61)59-30-7-10-35-62(59)64/h1-42H. The van der Waals surface area contributed by atoms with Crippen LogP contribution in [0.5, 0.6) is 0 Å². The summed E-state index contributed by atoms with van der Waals surface area (Å²) in [6.07, 6.45) is 0. The monoisotopic (exact) mass is 814 g/mol. The number of aromatic nitrogens is 1. The van der Waals surface area contributed by atoms with E-state index in [1.54, 1.807) is 0 Å². The Kier molecular flexibility index (Phi) is 9.20. The van der Waals surface area contributed by atoms with Gasteiger partial charge in [-0.25, -0.2) is 0 Å². The first-order valence-corrected chi connectivity index (χ1v) is 22.0. The fraction of sp³-hybridized carbons (Fsp3) is 0. The van der Waals surface area contributed by atoms with Crippen LogP contribution in [0, 0.1) is 0 Å². The maximum atomic E-state index is 2.42. The van der Waals surface area contributed by atoms with Crippen molar-refractivity contribution >= 4 is 60.4 Å². The van der Waals surface area contributed by atoms with Gasteiger partial charge in [0.15, 0.2) is 0 Å². The molecule has 12 rings (SSSR count). The van der Waals surface area contributed by atoms with Crippen LogP contribution in [0.1, 0.15) is 0 Å². The highest BCUT2D eigenvalue weighted by atomic mass is 15.1. The maximum absolute atomic E-state index is 2.42. The zero-order valence-electron chi connectivity index (χ0n) is 35.1. The maximum Gasteiger partial charge on any atom is 0.0541 e. The van der Waals surface area contributed by atoms with Crippen molar-refractivity contribution in [3.63, 3.8) is 0 Å². The van der Waals surface area contributed by atoms with Gasteiger partial charge in [0, 0.05) is 33.4 Å². The molecule has 0 unspecified atom stereocenters. The average Bonchev–Trinajstić information content (AvgIpc) is 3.71. The quantitative estimate of drug-likeness (QED) is 0.148. The third-order valence-corrected chi connectivity index (χ3v) is 12.8. The molecule has 0 atom stereocenters. The van der Waals surface area contributed by atoms with Crippen molar-refractivity contribution < 1.29 is 0 Å². The summed E-state index contributed by atoms with van der Waals surface area (Å²) in [7, 11) is 0. The molecule has 0 saturated carbocycles. The Morgan fingerprint density at radius 1 is 0.266 bits per heavy atom. The lowest BCUT2D eigenvalue weighted by molar-refractivity contribution is 1.18. The van der Waals surface area contributed by atoms with Gasteiger partial charge in [-0.15, -0.1) is 0 Å². The lowest BCUT2D eigenvalue weighted by Gasteiger charge is -2.28. The lowest BCUT2D eigenvalue weighted by atomic mass is 9.95. The second-order valence-corrected chi connectivity index (χ2v) is 16.5. The van der Waals surface area contributed by atoms with Gasteiger partial charge < -0.3 is 9.47 Å². The van der Waals surface area contributed by atoms with E-state index in [1.165, 1.54) is 76.7 Å². The molecule has 64 heavy (non-hydrogen) atoms. The Morgan fingerprint density at radius 2 is 0.734 bits per heavy atom. The molecule has 0 saturated heterocycles. The van der Waals surface area contributed by atoms with Gasteiger partial charge in [0.1, 0.15) is 0 Å². The second kappa shape index (κ2) is 15.8. The molecule has 2 nitrogen and oxygen atoms in total. The smallest absolute Gasteiger partial charge is 0.0541 e. The van der Waals surface area contributed by atoms with E-state index in [4.69, 9.17) is 0 Å². The number of benzene rings is 11. The molecule has 0 spiro atoms. The Hall–Kier alpha value is -8.46. The number of hydrogen-bond donors (Lipinski definition) is 0. The van der Waals surface area contributed by atoms with Crippen LogP contribution in [-0.4, -0.2) is 4.57 Å². The zero-order chi connectivity index (χ0) is 42.4. The van der Waals surface area contributed by atoms with Crippen LogP contribution in [0.2, 0.25) is 0 Å². The Labute approximate surface area is 373 Å². The normalized spacial score (nSPS) is 11.4. The highest BCUT2D eigenvalue weighted by Gasteiger charge is 2.20. The summed E-state index contributed by atoms with van der Waals surface area (Å²) in [4.78, 5) is 2.42. The number of nitrogens with zero attached hydrogens (tertiary/aromatic N) is 2. The Bertz CT molecular complexity index is 3620. The summed E-state index contributed by atoms with van der Waals surface area (Å²) in [5.41, 5.74) is 16.3. The van der Waals surface area contributed by atoms with Gasteiger partial charge in [-0.2, -0.15) is 0 Å². The third-order valence-electron chi connectivity index (χ3n) is 12.8. The summed E-state index contributed by atoms with van der Waals surface area (Å²) in [6, 6.07) is 92.7. The zero-order valence-corrected chi connectivity index (χ0v) is 35.1. The summed E-state index contributed by atoms with van der Waals surface area (Å²) in [6.45, 7) is 0. The van der Waals surface area contributed by atoms with Crippen LogP contribution in [0.4, 0.5) is 17.1 Å². The number of rotatable bonds is 8. The average molecular weight is 815 g/mol. The molecule has 0 fully saturated rings. The predicted octanol–water partition coefficient (Wildman–Crippen LogP) is 17.2. The minimum atomic E-state index is 1.08. The molecule has 11 aromatic carbocycles. The molecule has 0 radical (unpaired) electrons. The first kappa shape index (κ1) is 37.3. The Balaban J connectivity index is 0.998. The van der Waals surface area contributed by atoms with Crippen LogP contribution in [0.25, 0.3) is 93.5 Å². The molecule has 1 heterocycles. The molecule has 0 N–H and O–H groups in total. The molecule has 0 aliphatic carbocycles. The SMILES string of the molecule is c1cc(-c2ccc(N(c3cccc(-c4cccc5ccccc45)c3)c3ccccc3-c3cccc(-n4c5ccccc5c5ccccc54)c3)cc2)cc(-c2cccc3ccccc23)c1. The van der Waals surface area contributed by atoms with Gasteiger partial charge in [-0.05, 0) is 121 Å². The number of fused-ring (bicyclic) bond motifs is 5. The molecule has 0 aliphatic heterocycles. The van der Waals surface area contributed by atoms with Gasteiger partial charge in [-0.3, -0.25) is 0 Å². The van der Waals surface area contributed by atoms with E-state index in [-0.39, 0.29) is 0 Å². The van der Waals surface area contributed by atoms with Crippen molar-refractivity contribution in [3.05, 3.63) is 255 Å². The number of para-hydroxylation sites is 3. The number of hydrogen-bond acceptors (Lipinski definition) is 1. The number of anilines is 3. The first-order chi connectivity index (χ1) is 31.7. The summed E-state index contributed by atoms with van der Waals surface area (Å²) in [5.74, 6) is 0. The van der Waals surface area contributed by atoms with E-state index >= 15 is 0 Å². The van der Waals surface area contributed by atoms with Gasteiger partial charge in [0.05, 0.1) is 16.7 Å². The molecule has 300 valence electrons. The molecule has 0 bridgehead atoms. The van der Waals surface area contributed by atoms with Crippen LogP contribution in [0.15, 0.2) is 255 Å². The molecule has 0 amide bonds. The summed E-state index contributed by atoms with van der Waals surface area (Å²) in [5, 5.41) is 7.49. The first-order valence-electron chi connectivity index (χ1n) is 22.0. The second-order valence-electron chi connectivity index (χ2n) is 16.5. The van der Waals surface area contributed by atoms with Crippen molar-refractivity contribution in [2.75, 3.05) is 4.90 Å². The summed E-state index contributed by atoms with van der Waals surface area (Å²) >= 11 is 0. The Morgan fingerprint density at radius 3 is 1.41 bits per heavy atom. The van der Waals surface area contributed by atoms with Crippen molar-refractivity contribution in [3.8, 4) is 50.2 Å². The van der Waals surface area contributed by atoms with Crippen LogP contribution >= 0.6 is 0 Å². The van der Waals surface area contributed by atoms with Gasteiger partial charge >= 0.3 is 0 Å². The summed E-state index contributed by atoms with van der Waals surface area (Å²) < 4.78 is 2.40. The van der Waals surface area contributed by atoms with E-state index in [2.05, 4.69) is 264 Å². The molecule has 2 heteroatoms. The van der Waals surface area contributed by atoms with Crippen molar-refractivity contribution in [2.45, 2.75) is 0 Å². The highest BCUT2D eigenvalue weighted by molar-refractivity contribution is 6.09. The van der Waals surface area contributed by atoms with Crippen molar-refractivity contribution in [1.29, 1.82) is 0 Å². The molecule has 12 aromatic rings. The fourth-order valence-corrected chi connectivity index (χ4v) is 9.79. The van der Waals surface area contributed by atoms with Crippen molar-refractivity contribution in [1.82, 2.24) is 4.57 Å². The van der Waals surface area contributed by atoms with Crippen LogP contribution in [0.3, 0.4) is 0 Å².